The van der Waals surface area contributed by atoms with Gasteiger partial charge in [0.2, 0.25) is 0 Å². The van der Waals surface area contributed by atoms with Gasteiger partial charge in [0.1, 0.15) is 17.9 Å². The van der Waals surface area contributed by atoms with Crippen LogP contribution in [-0.4, -0.2) is 37.9 Å². The molecule has 0 bridgehead atoms. The van der Waals surface area contributed by atoms with Crippen LogP contribution in [0.5, 0.6) is 0 Å². The summed E-state index contributed by atoms with van der Waals surface area (Å²) in [6.07, 6.45) is 16.6. The third kappa shape index (κ3) is 5.13. The first-order chi connectivity index (χ1) is 18.5. The highest BCUT2D eigenvalue weighted by molar-refractivity contribution is 6.33. The first kappa shape index (κ1) is 24.9. The van der Waals surface area contributed by atoms with Crippen LogP contribution in [0, 0.1) is 5.82 Å². The monoisotopic (exact) mass is 535 g/mol. The van der Waals surface area contributed by atoms with Crippen LogP contribution in [0.3, 0.4) is 0 Å². The molecule has 2 aliphatic rings. The van der Waals surface area contributed by atoms with Crippen molar-refractivity contribution in [1.29, 1.82) is 0 Å². The van der Waals surface area contributed by atoms with Crippen molar-refractivity contribution in [2.45, 2.75) is 63.6 Å². The molecule has 4 heterocycles. The lowest BCUT2D eigenvalue weighted by atomic mass is 9.95. The van der Waals surface area contributed by atoms with Crippen LogP contribution in [0.4, 0.5) is 15.8 Å². The van der Waals surface area contributed by atoms with Gasteiger partial charge in [-0.15, -0.1) is 0 Å². The van der Waals surface area contributed by atoms with Crippen molar-refractivity contribution in [2.24, 2.45) is 10.7 Å². The van der Waals surface area contributed by atoms with Gasteiger partial charge in [-0.05, 0) is 50.3 Å². The molecule has 1 saturated carbocycles. The van der Waals surface area contributed by atoms with Crippen LogP contribution in [0.15, 0.2) is 54.0 Å². The largest absolute Gasteiger partial charge is 0.383 e. The second-order valence-corrected chi connectivity index (χ2v) is 10.5. The number of benzene rings is 1. The van der Waals surface area contributed by atoms with Crippen molar-refractivity contribution in [1.82, 2.24) is 19.4 Å². The molecule has 1 aliphatic heterocycles. The maximum Gasteiger partial charge on any atom is 0.150 e. The van der Waals surface area contributed by atoms with Gasteiger partial charge >= 0.3 is 0 Å². The predicted molar refractivity (Wildman–Crippen MR) is 148 cm³/mol. The van der Waals surface area contributed by atoms with E-state index in [0.717, 1.165) is 61.0 Å². The minimum absolute atomic E-state index is 0.0200. The molecule has 1 aromatic carbocycles. The molecule has 0 spiro atoms. The quantitative estimate of drug-likeness (QED) is 0.218. The Morgan fingerprint density at radius 3 is 2.68 bits per heavy atom. The smallest absolute Gasteiger partial charge is 0.150 e. The molecule has 0 amide bonds. The van der Waals surface area contributed by atoms with Crippen molar-refractivity contribution < 1.29 is 9.13 Å². The fourth-order valence-corrected chi connectivity index (χ4v) is 5.51. The van der Waals surface area contributed by atoms with Crippen LogP contribution in [0.25, 0.3) is 16.6 Å². The van der Waals surface area contributed by atoms with Gasteiger partial charge in [0.25, 0.3) is 0 Å². The predicted octanol–water partition coefficient (Wildman–Crippen LogP) is 6.47. The average molecular weight is 536 g/mol. The van der Waals surface area contributed by atoms with Crippen molar-refractivity contribution >= 4 is 34.3 Å². The number of anilines is 1. The standard InChI is InChI=1S/C28H31ClFN7O/c29-23-10-9-20(30)13-24(23)35-28(31)22-15-33-36-16-18(12-25(36)27(22)34-21-6-2-1-3-7-21)19-14-32-37(17-19)26-8-4-5-11-38-26/h9-10,12-17,21,26,34H,1-8,11H2,(H2,31,35). The lowest BCUT2D eigenvalue weighted by Crippen LogP contribution is -2.25. The van der Waals surface area contributed by atoms with Crippen molar-refractivity contribution in [3.8, 4) is 11.1 Å². The van der Waals surface area contributed by atoms with E-state index in [0.29, 0.717) is 16.6 Å². The number of aromatic nitrogens is 4. The summed E-state index contributed by atoms with van der Waals surface area (Å²) in [5.74, 6) is -0.207. The molecule has 1 saturated heterocycles. The second-order valence-electron chi connectivity index (χ2n) is 10.1. The average Bonchev–Trinajstić information content (AvgIpc) is 3.60. The summed E-state index contributed by atoms with van der Waals surface area (Å²) in [6, 6.07) is 6.46. The highest BCUT2D eigenvalue weighted by Gasteiger charge is 2.21. The second kappa shape index (κ2) is 10.7. The Bertz CT molecular complexity index is 1470. The normalized spacial score (nSPS) is 19.2. The van der Waals surface area contributed by atoms with Gasteiger partial charge in [0, 0.05) is 42.2 Å². The van der Waals surface area contributed by atoms with Gasteiger partial charge in [0.15, 0.2) is 0 Å². The molecule has 1 aliphatic carbocycles. The molecule has 10 heteroatoms. The van der Waals surface area contributed by atoms with Crippen molar-refractivity contribution in [3.05, 3.63) is 65.5 Å². The minimum atomic E-state index is -0.425. The molecule has 1 atom stereocenters. The Balaban J connectivity index is 1.40. The van der Waals surface area contributed by atoms with E-state index < -0.39 is 5.82 Å². The minimum Gasteiger partial charge on any atom is -0.383 e. The number of nitrogens with one attached hydrogen (secondary N) is 1. The van der Waals surface area contributed by atoms with E-state index >= 15 is 0 Å². The lowest BCUT2D eigenvalue weighted by Gasteiger charge is -2.25. The summed E-state index contributed by atoms with van der Waals surface area (Å²) in [6.45, 7) is 0.767. The highest BCUT2D eigenvalue weighted by atomic mass is 35.5. The number of fused-ring (bicyclic) bond motifs is 1. The third-order valence-electron chi connectivity index (χ3n) is 7.40. The summed E-state index contributed by atoms with van der Waals surface area (Å²) >= 11 is 6.27. The number of ether oxygens (including phenoxy) is 1. The molecule has 2 fully saturated rings. The zero-order valence-corrected chi connectivity index (χ0v) is 21.9. The number of halogens is 2. The van der Waals surface area contributed by atoms with E-state index in [9.17, 15) is 4.39 Å². The van der Waals surface area contributed by atoms with Crippen LogP contribution < -0.4 is 11.1 Å². The lowest BCUT2D eigenvalue weighted by molar-refractivity contribution is -0.0394. The molecule has 8 nitrogen and oxygen atoms in total. The molecule has 0 radical (unpaired) electrons. The molecule has 3 aromatic heterocycles. The fraction of sp³-hybridized carbons (Fsp3) is 0.393. The maximum atomic E-state index is 13.9. The van der Waals surface area contributed by atoms with Crippen molar-refractivity contribution in [3.63, 3.8) is 0 Å². The van der Waals surface area contributed by atoms with Crippen LogP contribution in [-0.2, 0) is 4.74 Å². The summed E-state index contributed by atoms with van der Waals surface area (Å²) in [4.78, 5) is 4.48. The van der Waals surface area contributed by atoms with E-state index in [4.69, 9.17) is 22.1 Å². The molecule has 4 aromatic rings. The molecule has 38 heavy (non-hydrogen) atoms. The summed E-state index contributed by atoms with van der Waals surface area (Å²) < 4.78 is 23.5. The summed E-state index contributed by atoms with van der Waals surface area (Å²) in [7, 11) is 0. The molecular weight excluding hydrogens is 505 g/mol. The number of hydrogen-bond acceptors (Lipinski definition) is 5. The van der Waals surface area contributed by atoms with Gasteiger partial charge in [-0.1, -0.05) is 30.9 Å². The maximum absolute atomic E-state index is 13.9. The van der Waals surface area contributed by atoms with Crippen LogP contribution in [0.1, 0.15) is 63.2 Å². The summed E-state index contributed by atoms with van der Waals surface area (Å²) in [5, 5.41) is 13.3. The van der Waals surface area contributed by atoms with E-state index in [-0.39, 0.29) is 17.8 Å². The van der Waals surface area contributed by atoms with E-state index in [1.54, 1.807) is 6.20 Å². The number of amidine groups is 1. The van der Waals surface area contributed by atoms with Gasteiger partial charge in [-0.2, -0.15) is 10.2 Å². The number of nitrogens with zero attached hydrogens (tertiary/aromatic N) is 5. The Labute approximate surface area is 225 Å². The Morgan fingerprint density at radius 1 is 1.03 bits per heavy atom. The zero-order valence-electron chi connectivity index (χ0n) is 21.1. The number of nitrogens with two attached hydrogens (primary N) is 1. The number of aliphatic imine (C=N–C) groups is 1. The van der Waals surface area contributed by atoms with Gasteiger partial charge in [-0.3, -0.25) is 0 Å². The third-order valence-corrected chi connectivity index (χ3v) is 7.72. The molecule has 1 unspecified atom stereocenters. The van der Waals surface area contributed by atoms with Crippen LogP contribution in [0.2, 0.25) is 5.02 Å². The molecular formula is C28H31ClFN7O. The Morgan fingerprint density at radius 2 is 1.87 bits per heavy atom. The van der Waals surface area contributed by atoms with Gasteiger partial charge < -0.3 is 15.8 Å². The summed E-state index contributed by atoms with van der Waals surface area (Å²) in [5.41, 5.74) is 11.2. The van der Waals surface area contributed by atoms with E-state index in [1.807, 2.05) is 27.8 Å². The van der Waals surface area contributed by atoms with Crippen LogP contribution >= 0.6 is 11.6 Å². The zero-order chi connectivity index (χ0) is 26.1. The Kier molecular flexibility index (Phi) is 7.04. The number of rotatable bonds is 6. The van der Waals surface area contributed by atoms with E-state index in [1.165, 1.54) is 37.5 Å². The van der Waals surface area contributed by atoms with E-state index in [2.05, 4.69) is 26.6 Å². The van der Waals surface area contributed by atoms with Crippen molar-refractivity contribution in [2.75, 3.05) is 11.9 Å². The first-order valence-corrected chi connectivity index (χ1v) is 13.7. The fourth-order valence-electron chi connectivity index (χ4n) is 5.35. The van der Waals surface area contributed by atoms with Gasteiger partial charge in [0.05, 0.1) is 39.9 Å². The Hall–Kier alpha value is -3.43. The molecule has 198 valence electrons. The SMILES string of the molecule is NC(=Nc1cc(F)ccc1Cl)c1cnn2cc(-c3cnn(C4CCCCO4)c3)cc2c1NC1CCCCC1. The van der Waals surface area contributed by atoms with Gasteiger partial charge in [-0.25, -0.2) is 18.6 Å². The highest BCUT2D eigenvalue weighted by Crippen LogP contribution is 2.33. The number of hydrogen-bond donors (Lipinski definition) is 2. The molecule has 3 N–H and O–H groups in total. The molecule has 6 rings (SSSR count). The first-order valence-electron chi connectivity index (χ1n) is 13.3. The topological polar surface area (TPSA) is 94.8 Å².